The summed E-state index contributed by atoms with van der Waals surface area (Å²) in [5.74, 6) is 1.86. The second kappa shape index (κ2) is 8.17. The summed E-state index contributed by atoms with van der Waals surface area (Å²) in [5.41, 5.74) is 7.84. The van der Waals surface area contributed by atoms with Gasteiger partial charge in [0.1, 0.15) is 11.6 Å². The van der Waals surface area contributed by atoms with Gasteiger partial charge >= 0.3 is 0 Å². The van der Waals surface area contributed by atoms with Crippen LogP contribution >= 0.6 is 0 Å². The molecule has 2 aromatic rings. The van der Waals surface area contributed by atoms with E-state index in [2.05, 4.69) is 43.0 Å². The van der Waals surface area contributed by atoms with Crippen molar-refractivity contribution in [1.82, 2.24) is 19.9 Å². The average molecular weight is 326 g/mol. The van der Waals surface area contributed by atoms with Crippen LogP contribution in [0.25, 0.3) is 0 Å². The molecule has 1 fully saturated rings. The Hall–Kier alpha value is -2.05. The quantitative estimate of drug-likeness (QED) is 0.895. The largest absolute Gasteiger partial charge is 0.355 e. The van der Waals surface area contributed by atoms with E-state index in [1.54, 1.807) is 0 Å². The summed E-state index contributed by atoms with van der Waals surface area (Å²) in [5, 5.41) is 0. The van der Waals surface area contributed by atoms with Crippen LogP contribution in [0.3, 0.4) is 0 Å². The zero-order valence-electron chi connectivity index (χ0n) is 14.4. The number of hydrogen-bond acceptors (Lipinski definition) is 6. The highest BCUT2D eigenvalue weighted by Gasteiger charge is 2.17. The van der Waals surface area contributed by atoms with Crippen LogP contribution in [0.1, 0.15) is 23.6 Å². The molecule has 6 heteroatoms. The van der Waals surface area contributed by atoms with Crippen molar-refractivity contribution in [3.05, 3.63) is 47.7 Å². The molecule has 128 valence electrons. The Labute approximate surface area is 143 Å². The minimum Gasteiger partial charge on any atom is -0.355 e. The summed E-state index contributed by atoms with van der Waals surface area (Å²) in [6.07, 6.45) is 3.79. The SMILES string of the molecule is Cc1nc(CCN)cc(N2CCCN(Cc3ccccn3)CC2)n1. The summed E-state index contributed by atoms with van der Waals surface area (Å²) in [6, 6.07) is 8.20. The van der Waals surface area contributed by atoms with Crippen molar-refractivity contribution in [3.63, 3.8) is 0 Å². The molecule has 1 aliphatic rings. The number of pyridine rings is 1. The first-order valence-corrected chi connectivity index (χ1v) is 8.66. The predicted octanol–water partition coefficient (Wildman–Crippen LogP) is 1.39. The van der Waals surface area contributed by atoms with Gasteiger partial charge < -0.3 is 10.6 Å². The molecule has 3 heterocycles. The molecule has 0 radical (unpaired) electrons. The first-order valence-electron chi connectivity index (χ1n) is 8.66. The maximum Gasteiger partial charge on any atom is 0.132 e. The molecule has 6 nitrogen and oxygen atoms in total. The molecule has 0 unspecified atom stereocenters. The van der Waals surface area contributed by atoms with E-state index in [0.29, 0.717) is 6.54 Å². The Morgan fingerprint density at radius 3 is 2.79 bits per heavy atom. The number of nitrogens with two attached hydrogens (primary N) is 1. The molecule has 0 aliphatic carbocycles. The third kappa shape index (κ3) is 4.49. The van der Waals surface area contributed by atoms with E-state index in [-0.39, 0.29) is 0 Å². The topological polar surface area (TPSA) is 71.2 Å². The third-order valence-electron chi connectivity index (χ3n) is 4.30. The molecule has 0 bridgehead atoms. The van der Waals surface area contributed by atoms with Crippen LogP contribution in [0.5, 0.6) is 0 Å². The molecule has 0 aromatic carbocycles. The Morgan fingerprint density at radius 1 is 1.08 bits per heavy atom. The lowest BCUT2D eigenvalue weighted by Gasteiger charge is -2.23. The summed E-state index contributed by atoms with van der Waals surface area (Å²) in [7, 11) is 0. The normalized spacial score (nSPS) is 16.2. The highest BCUT2D eigenvalue weighted by atomic mass is 15.3. The van der Waals surface area contributed by atoms with Gasteiger partial charge in [-0.15, -0.1) is 0 Å². The maximum absolute atomic E-state index is 5.67. The second-order valence-corrected chi connectivity index (χ2v) is 6.24. The molecule has 3 rings (SSSR count). The number of rotatable bonds is 5. The van der Waals surface area contributed by atoms with Crippen molar-refractivity contribution in [2.75, 3.05) is 37.6 Å². The lowest BCUT2D eigenvalue weighted by molar-refractivity contribution is 0.282. The maximum atomic E-state index is 5.67. The highest BCUT2D eigenvalue weighted by Crippen LogP contribution is 2.16. The molecule has 0 spiro atoms. The van der Waals surface area contributed by atoms with Gasteiger partial charge in [-0.2, -0.15) is 0 Å². The number of aromatic nitrogens is 3. The van der Waals surface area contributed by atoms with Gasteiger partial charge in [0.2, 0.25) is 0 Å². The number of nitrogens with zero attached hydrogens (tertiary/aromatic N) is 5. The molecule has 2 N–H and O–H groups in total. The average Bonchev–Trinajstić information content (AvgIpc) is 2.81. The van der Waals surface area contributed by atoms with Gasteiger partial charge in [0.05, 0.1) is 5.69 Å². The smallest absolute Gasteiger partial charge is 0.132 e. The Balaban J connectivity index is 1.65. The Morgan fingerprint density at radius 2 is 2.00 bits per heavy atom. The van der Waals surface area contributed by atoms with Crippen molar-refractivity contribution in [1.29, 1.82) is 0 Å². The second-order valence-electron chi connectivity index (χ2n) is 6.24. The van der Waals surface area contributed by atoms with E-state index in [1.165, 1.54) is 0 Å². The number of aryl methyl sites for hydroxylation is 1. The summed E-state index contributed by atoms with van der Waals surface area (Å²) >= 11 is 0. The van der Waals surface area contributed by atoms with Crippen LogP contribution in [0.2, 0.25) is 0 Å². The summed E-state index contributed by atoms with van der Waals surface area (Å²) in [6.45, 7) is 7.60. The zero-order chi connectivity index (χ0) is 16.8. The standard InChI is InChI=1S/C18H26N6/c1-15-21-16(6-7-19)13-18(22-15)24-10-4-9-23(11-12-24)14-17-5-2-3-8-20-17/h2-3,5,8,13H,4,6-7,9-12,14,19H2,1H3. The van der Waals surface area contributed by atoms with Crippen LogP contribution in [-0.4, -0.2) is 52.6 Å². The van der Waals surface area contributed by atoms with Gasteiger partial charge in [-0.3, -0.25) is 9.88 Å². The monoisotopic (exact) mass is 326 g/mol. The van der Waals surface area contributed by atoms with Gasteiger partial charge in [0.15, 0.2) is 0 Å². The molecule has 1 aliphatic heterocycles. The van der Waals surface area contributed by atoms with Crippen LogP contribution in [0.15, 0.2) is 30.5 Å². The minimum atomic E-state index is 0.619. The molecule has 2 aromatic heterocycles. The lowest BCUT2D eigenvalue weighted by Crippen LogP contribution is -2.31. The van der Waals surface area contributed by atoms with Crippen molar-refractivity contribution in [3.8, 4) is 0 Å². The van der Waals surface area contributed by atoms with E-state index in [0.717, 1.165) is 68.6 Å². The van der Waals surface area contributed by atoms with Gasteiger partial charge in [0.25, 0.3) is 0 Å². The first kappa shape index (κ1) is 16.8. The van der Waals surface area contributed by atoms with Gasteiger partial charge in [-0.25, -0.2) is 9.97 Å². The van der Waals surface area contributed by atoms with Gasteiger partial charge in [0, 0.05) is 57.1 Å². The van der Waals surface area contributed by atoms with Crippen LogP contribution < -0.4 is 10.6 Å². The van der Waals surface area contributed by atoms with E-state index < -0.39 is 0 Å². The molecule has 1 saturated heterocycles. The number of hydrogen-bond donors (Lipinski definition) is 1. The van der Waals surface area contributed by atoms with Crippen LogP contribution in [0, 0.1) is 6.92 Å². The lowest BCUT2D eigenvalue weighted by atomic mass is 10.2. The fourth-order valence-electron chi connectivity index (χ4n) is 3.13. The fourth-order valence-corrected chi connectivity index (χ4v) is 3.13. The Bertz CT molecular complexity index is 645. The summed E-state index contributed by atoms with van der Waals surface area (Å²) in [4.78, 5) is 18.4. The molecule has 0 saturated carbocycles. The van der Waals surface area contributed by atoms with Gasteiger partial charge in [-0.1, -0.05) is 6.07 Å². The van der Waals surface area contributed by atoms with E-state index in [9.17, 15) is 0 Å². The van der Waals surface area contributed by atoms with Crippen molar-refractivity contribution in [2.24, 2.45) is 5.73 Å². The molecular weight excluding hydrogens is 300 g/mol. The van der Waals surface area contributed by atoms with E-state index >= 15 is 0 Å². The third-order valence-corrected chi connectivity index (χ3v) is 4.30. The number of anilines is 1. The minimum absolute atomic E-state index is 0.619. The van der Waals surface area contributed by atoms with E-state index in [1.807, 2.05) is 19.2 Å². The first-order chi connectivity index (χ1) is 11.7. The molecule has 24 heavy (non-hydrogen) atoms. The van der Waals surface area contributed by atoms with E-state index in [4.69, 9.17) is 5.73 Å². The van der Waals surface area contributed by atoms with Crippen molar-refractivity contribution < 1.29 is 0 Å². The van der Waals surface area contributed by atoms with Gasteiger partial charge in [-0.05, 0) is 32.0 Å². The molecule has 0 amide bonds. The van der Waals surface area contributed by atoms with Crippen molar-refractivity contribution >= 4 is 5.82 Å². The predicted molar refractivity (Wildman–Crippen MR) is 95.9 cm³/mol. The molecule has 0 atom stereocenters. The zero-order valence-corrected chi connectivity index (χ0v) is 14.4. The molecular formula is C18H26N6. The fraction of sp³-hybridized carbons (Fsp3) is 0.500. The summed E-state index contributed by atoms with van der Waals surface area (Å²) < 4.78 is 0. The highest BCUT2D eigenvalue weighted by molar-refractivity contribution is 5.40. The Kier molecular flexibility index (Phi) is 5.72. The van der Waals surface area contributed by atoms with Crippen LogP contribution in [0.4, 0.5) is 5.82 Å². The van der Waals surface area contributed by atoms with Crippen molar-refractivity contribution in [2.45, 2.75) is 26.3 Å². The van der Waals surface area contributed by atoms with Crippen LogP contribution in [-0.2, 0) is 13.0 Å².